The Morgan fingerprint density at radius 3 is 2.64 bits per heavy atom. The summed E-state index contributed by atoms with van der Waals surface area (Å²) in [4.78, 5) is 8.93. The van der Waals surface area contributed by atoms with E-state index >= 15 is 0 Å². The fourth-order valence-electron chi connectivity index (χ4n) is 4.41. The van der Waals surface area contributed by atoms with Gasteiger partial charge in [-0.25, -0.2) is 9.37 Å². The first-order valence-electron chi connectivity index (χ1n) is 10.1. The van der Waals surface area contributed by atoms with E-state index in [-0.39, 0.29) is 11.9 Å². The topological polar surface area (TPSA) is 28.6 Å². The van der Waals surface area contributed by atoms with Crippen LogP contribution in [0.2, 0.25) is 5.02 Å². The van der Waals surface area contributed by atoms with Gasteiger partial charge in [0.25, 0.3) is 0 Å². The molecule has 28 heavy (non-hydrogen) atoms. The molecule has 2 aliphatic heterocycles. The number of rotatable bonds is 4. The van der Waals surface area contributed by atoms with E-state index in [0.717, 1.165) is 50.5 Å². The van der Waals surface area contributed by atoms with E-state index in [1.165, 1.54) is 11.6 Å². The van der Waals surface area contributed by atoms with E-state index in [1.54, 1.807) is 12.3 Å². The van der Waals surface area contributed by atoms with Crippen LogP contribution in [0.4, 0.5) is 10.2 Å². The zero-order valence-electron chi connectivity index (χ0n) is 16.2. The van der Waals surface area contributed by atoms with E-state index < -0.39 is 0 Å². The molecule has 2 aliphatic rings. The summed E-state index contributed by atoms with van der Waals surface area (Å²) in [5, 5.41) is 0.767. The highest BCUT2D eigenvalue weighted by Gasteiger charge is 2.34. The predicted octanol–water partition coefficient (Wildman–Crippen LogP) is 4.17. The van der Waals surface area contributed by atoms with Crippen molar-refractivity contribution in [1.29, 1.82) is 0 Å². The van der Waals surface area contributed by atoms with Gasteiger partial charge in [-0.3, -0.25) is 4.90 Å². The third kappa shape index (κ3) is 4.48. The zero-order valence-corrected chi connectivity index (χ0v) is 17.0. The predicted molar refractivity (Wildman–Crippen MR) is 110 cm³/mol. The number of ether oxygens (including phenoxy) is 1. The zero-order chi connectivity index (χ0) is 19.5. The number of halogens is 2. The number of pyridine rings is 1. The standard InChI is InChI=1S/C22H27ClFN3O/c1-16-14-27(20(15-28-16)13-17-4-6-18(23)7-5-17)19-8-11-26(12-9-19)22-21(24)3-2-10-25-22/h2-7,10,16,19-20H,8-9,11-15H2,1H3/t16-,20-/m0/s1. The second-order valence-electron chi connectivity index (χ2n) is 7.85. The number of hydrogen-bond acceptors (Lipinski definition) is 4. The maximum absolute atomic E-state index is 14.1. The Bertz CT molecular complexity index is 780. The summed E-state index contributed by atoms with van der Waals surface area (Å²) in [7, 11) is 0. The molecular weight excluding hydrogens is 377 g/mol. The van der Waals surface area contributed by atoms with Crippen molar-refractivity contribution in [2.75, 3.05) is 31.1 Å². The third-order valence-corrected chi connectivity index (χ3v) is 6.12. The molecule has 1 aromatic carbocycles. The van der Waals surface area contributed by atoms with Gasteiger partial charge in [-0.05, 0) is 56.0 Å². The molecule has 0 unspecified atom stereocenters. The number of benzene rings is 1. The first-order chi connectivity index (χ1) is 13.6. The minimum atomic E-state index is -0.235. The fraction of sp³-hybridized carbons (Fsp3) is 0.500. The van der Waals surface area contributed by atoms with Gasteiger partial charge in [0.1, 0.15) is 0 Å². The Balaban J connectivity index is 1.42. The van der Waals surface area contributed by atoms with Gasteiger partial charge in [-0.2, -0.15) is 0 Å². The van der Waals surface area contributed by atoms with E-state index in [9.17, 15) is 4.39 Å². The van der Waals surface area contributed by atoms with Crippen molar-refractivity contribution in [2.45, 2.75) is 44.4 Å². The van der Waals surface area contributed by atoms with Crippen LogP contribution in [-0.2, 0) is 11.2 Å². The molecule has 0 radical (unpaired) electrons. The Morgan fingerprint density at radius 2 is 1.93 bits per heavy atom. The molecule has 2 fully saturated rings. The molecule has 2 atom stereocenters. The van der Waals surface area contributed by atoms with Crippen molar-refractivity contribution in [2.24, 2.45) is 0 Å². The molecule has 0 amide bonds. The molecule has 0 N–H and O–H groups in total. The van der Waals surface area contributed by atoms with Crippen LogP contribution in [-0.4, -0.2) is 54.3 Å². The highest BCUT2D eigenvalue weighted by Crippen LogP contribution is 2.27. The van der Waals surface area contributed by atoms with Crippen LogP contribution in [0.15, 0.2) is 42.6 Å². The molecule has 4 rings (SSSR count). The Kier molecular flexibility index (Phi) is 6.14. The molecular formula is C22H27ClFN3O. The Labute approximate surface area is 171 Å². The first-order valence-corrected chi connectivity index (χ1v) is 10.4. The normalized spacial score (nSPS) is 24.5. The second-order valence-corrected chi connectivity index (χ2v) is 8.29. The lowest BCUT2D eigenvalue weighted by Crippen LogP contribution is -2.56. The van der Waals surface area contributed by atoms with E-state index in [1.807, 2.05) is 12.1 Å². The third-order valence-electron chi connectivity index (χ3n) is 5.87. The van der Waals surface area contributed by atoms with Crippen LogP contribution in [0.1, 0.15) is 25.3 Å². The maximum Gasteiger partial charge on any atom is 0.165 e. The number of morpholine rings is 1. The molecule has 0 spiro atoms. The van der Waals surface area contributed by atoms with Crippen LogP contribution >= 0.6 is 11.6 Å². The van der Waals surface area contributed by atoms with Gasteiger partial charge in [-0.1, -0.05) is 23.7 Å². The Morgan fingerprint density at radius 1 is 1.18 bits per heavy atom. The van der Waals surface area contributed by atoms with E-state index in [0.29, 0.717) is 17.9 Å². The van der Waals surface area contributed by atoms with Gasteiger partial charge in [0.05, 0.1) is 12.7 Å². The highest BCUT2D eigenvalue weighted by atomic mass is 35.5. The van der Waals surface area contributed by atoms with Crippen molar-refractivity contribution in [3.8, 4) is 0 Å². The lowest BCUT2D eigenvalue weighted by molar-refractivity contribution is -0.0745. The average Bonchev–Trinajstić information content (AvgIpc) is 2.71. The first kappa shape index (κ1) is 19.6. The van der Waals surface area contributed by atoms with Crippen LogP contribution in [0.25, 0.3) is 0 Å². The Hall–Kier alpha value is -1.69. The molecule has 0 aliphatic carbocycles. The number of aromatic nitrogens is 1. The van der Waals surface area contributed by atoms with Gasteiger partial charge in [0.15, 0.2) is 11.6 Å². The summed E-state index contributed by atoms with van der Waals surface area (Å²) in [6.45, 7) is 5.50. The van der Waals surface area contributed by atoms with Crippen molar-refractivity contribution in [1.82, 2.24) is 9.88 Å². The maximum atomic E-state index is 14.1. The SMILES string of the molecule is C[C@H]1CN(C2CCN(c3ncccc3F)CC2)[C@@H](Cc2ccc(Cl)cc2)CO1. The summed E-state index contributed by atoms with van der Waals surface area (Å²) in [6.07, 6.45) is 4.89. The largest absolute Gasteiger partial charge is 0.376 e. The summed E-state index contributed by atoms with van der Waals surface area (Å²) < 4.78 is 20.0. The minimum Gasteiger partial charge on any atom is -0.376 e. The van der Waals surface area contributed by atoms with Crippen LogP contribution < -0.4 is 4.90 Å². The summed E-state index contributed by atoms with van der Waals surface area (Å²) in [5.74, 6) is 0.246. The summed E-state index contributed by atoms with van der Waals surface area (Å²) in [6, 6.07) is 12.1. The number of nitrogens with zero attached hydrogens (tertiary/aromatic N) is 3. The van der Waals surface area contributed by atoms with Gasteiger partial charge >= 0.3 is 0 Å². The number of piperidine rings is 1. The van der Waals surface area contributed by atoms with E-state index in [4.69, 9.17) is 16.3 Å². The van der Waals surface area contributed by atoms with E-state index in [2.05, 4.69) is 33.8 Å². The van der Waals surface area contributed by atoms with Gasteiger partial charge in [-0.15, -0.1) is 0 Å². The van der Waals surface area contributed by atoms with Gasteiger partial charge in [0, 0.05) is 42.9 Å². The van der Waals surface area contributed by atoms with Gasteiger partial charge in [0.2, 0.25) is 0 Å². The molecule has 150 valence electrons. The lowest BCUT2D eigenvalue weighted by Gasteiger charge is -2.46. The molecule has 3 heterocycles. The highest BCUT2D eigenvalue weighted by molar-refractivity contribution is 6.30. The molecule has 2 saturated heterocycles. The summed E-state index contributed by atoms with van der Waals surface area (Å²) in [5.41, 5.74) is 1.28. The van der Waals surface area contributed by atoms with Crippen LogP contribution in [0.3, 0.4) is 0 Å². The molecule has 0 saturated carbocycles. The van der Waals surface area contributed by atoms with Crippen molar-refractivity contribution in [3.05, 3.63) is 59.0 Å². The fourth-order valence-corrected chi connectivity index (χ4v) is 4.53. The molecule has 0 bridgehead atoms. The molecule has 1 aromatic heterocycles. The van der Waals surface area contributed by atoms with Crippen molar-refractivity contribution < 1.29 is 9.13 Å². The van der Waals surface area contributed by atoms with Crippen molar-refractivity contribution >= 4 is 17.4 Å². The van der Waals surface area contributed by atoms with Crippen molar-refractivity contribution in [3.63, 3.8) is 0 Å². The lowest BCUT2D eigenvalue weighted by atomic mass is 9.96. The van der Waals surface area contributed by atoms with Crippen LogP contribution in [0.5, 0.6) is 0 Å². The number of anilines is 1. The minimum absolute atomic E-state index is 0.235. The molecule has 6 heteroatoms. The second kappa shape index (κ2) is 8.76. The van der Waals surface area contributed by atoms with Gasteiger partial charge < -0.3 is 9.64 Å². The molecule has 4 nitrogen and oxygen atoms in total. The monoisotopic (exact) mass is 403 g/mol. The average molecular weight is 404 g/mol. The molecule has 2 aromatic rings. The number of hydrogen-bond donors (Lipinski definition) is 0. The smallest absolute Gasteiger partial charge is 0.165 e. The quantitative estimate of drug-likeness (QED) is 0.765. The van der Waals surface area contributed by atoms with Crippen LogP contribution in [0, 0.1) is 5.82 Å². The summed E-state index contributed by atoms with van der Waals surface area (Å²) >= 11 is 6.03.